The van der Waals surface area contributed by atoms with Crippen LogP contribution < -0.4 is 10.6 Å². The van der Waals surface area contributed by atoms with E-state index in [2.05, 4.69) is 33.2 Å². The highest BCUT2D eigenvalue weighted by atomic mass is 127. The van der Waals surface area contributed by atoms with Crippen LogP contribution in [0.2, 0.25) is 0 Å². The second-order valence-corrected chi connectivity index (χ2v) is 7.25. The molecule has 134 valence electrons. The molecule has 1 aliphatic heterocycles. The van der Waals surface area contributed by atoms with Crippen molar-refractivity contribution in [2.75, 3.05) is 11.9 Å². The number of imide groups is 1. The lowest BCUT2D eigenvalue weighted by Crippen LogP contribution is -2.44. The first-order chi connectivity index (χ1) is 12.5. The lowest BCUT2D eigenvalue weighted by molar-refractivity contribution is -0.134. The molecule has 6 nitrogen and oxygen atoms in total. The zero-order chi connectivity index (χ0) is 18.7. The van der Waals surface area contributed by atoms with E-state index in [0.717, 1.165) is 8.47 Å². The smallest absolute Gasteiger partial charge is 0.324 e. The minimum atomic E-state index is -1.12. The van der Waals surface area contributed by atoms with E-state index in [4.69, 9.17) is 0 Å². The first kappa shape index (κ1) is 18.4. The van der Waals surface area contributed by atoms with Gasteiger partial charge >= 0.3 is 6.03 Å². The van der Waals surface area contributed by atoms with Crippen LogP contribution in [0.4, 0.5) is 10.5 Å². The van der Waals surface area contributed by atoms with Crippen LogP contribution in [0, 0.1) is 3.57 Å². The molecule has 2 aromatic carbocycles. The van der Waals surface area contributed by atoms with Gasteiger partial charge in [-0.3, -0.25) is 14.5 Å². The van der Waals surface area contributed by atoms with Gasteiger partial charge in [0.15, 0.2) is 0 Å². The van der Waals surface area contributed by atoms with Crippen molar-refractivity contribution in [3.05, 3.63) is 63.7 Å². The monoisotopic (exact) mass is 463 g/mol. The molecule has 0 radical (unpaired) electrons. The van der Waals surface area contributed by atoms with Crippen molar-refractivity contribution < 1.29 is 14.4 Å². The molecule has 1 atom stereocenters. The van der Waals surface area contributed by atoms with Gasteiger partial charge in [0.2, 0.25) is 5.91 Å². The van der Waals surface area contributed by atoms with Gasteiger partial charge in [0.1, 0.15) is 12.1 Å². The average molecular weight is 463 g/mol. The number of urea groups is 1. The summed E-state index contributed by atoms with van der Waals surface area (Å²) in [7, 11) is 0. The number of hydrogen-bond acceptors (Lipinski definition) is 3. The largest absolute Gasteiger partial charge is 0.325 e. The van der Waals surface area contributed by atoms with Gasteiger partial charge in [-0.15, -0.1) is 0 Å². The van der Waals surface area contributed by atoms with Crippen molar-refractivity contribution in [2.45, 2.75) is 18.9 Å². The molecular weight excluding hydrogens is 445 g/mol. The number of anilines is 1. The molecule has 3 rings (SSSR count). The Hall–Kier alpha value is -2.42. The molecule has 0 spiro atoms. The maximum absolute atomic E-state index is 13.0. The second kappa shape index (κ2) is 7.45. The number of carbonyl (C=O) groups is 3. The van der Waals surface area contributed by atoms with Crippen molar-refractivity contribution in [3.63, 3.8) is 0 Å². The second-order valence-electron chi connectivity index (χ2n) is 6.00. The van der Waals surface area contributed by atoms with Gasteiger partial charge < -0.3 is 10.6 Å². The summed E-state index contributed by atoms with van der Waals surface area (Å²) in [6.07, 6.45) is 0.399. The van der Waals surface area contributed by atoms with E-state index in [1.807, 2.05) is 43.3 Å². The number of benzene rings is 2. The summed E-state index contributed by atoms with van der Waals surface area (Å²) in [6, 6.07) is 15.8. The SMILES string of the molecule is CCC1(c2ccccc2)NC(=O)N(CC(=O)Nc2cccc(I)c2)C1=O. The fourth-order valence-electron chi connectivity index (χ4n) is 3.04. The molecule has 7 heteroatoms. The van der Waals surface area contributed by atoms with Gasteiger partial charge in [0.25, 0.3) is 5.91 Å². The molecule has 0 aromatic heterocycles. The van der Waals surface area contributed by atoms with E-state index >= 15 is 0 Å². The van der Waals surface area contributed by atoms with Gasteiger partial charge in [0, 0.05) is 9.26 Å². The molecule has 2 aromatic rings. The molecule has 0 aliphatic carbocycles. The average Bonchev–Trinajstić information content (AvgIpc) is 2.87. The van der Waals surface area contributed by atoms with Crippen molar-refractivity contribution in [1.82, 2.24) is 10.2 Å². The standard InChI is InChI=1S/C19H18IN3O3/c1-2-19(13-7-4-3-5-8-13)17(25)23(18(26)22-19)12-16(24)21-15-10-6-9-14(20)11-15/h3-11H,2,12H2,1H3,(H,21,24)(H,22,26). The summed E-state index contributed by atoms with van der Waals surface area (Å²) >= 11 is 2.14. The van der Waals surface area contributed by atoms with Crippen LogP contribution in [0.15, 0.2) is 54.6 Å². The molecule has 1 fully saturated rings. The highest BCUT2D eigenvalue weighted by Gasteiger charge is 2.51. The summed E-state index contributed by atoms with van der Waals surface area (Å²) in [5.74, 6) is -0.829. The summed E-state index contributed by atoms with van der Waals surface area (Å²) in [6.45, 7) is 1.51. The van der Waals surface area contributed by atoms with Crippen LogP contribution >= 0.6 is 22.6 Å². The van der Waals surface area contributed by atoms with Crippen LogP contribution in [0.25, 0.3) is 0 Å². The van der Waals surface area contributed by atoms with Gasteiger partial charge in [-0.2, -0.15) is 0 Å². The highest BCUT2D eigenvalue weighted by Crippen LogP contribution is 2.32. The van der Waals surface area contributed by atoms with Gasteiger partial charge in [-0.05, 0) is 52.8 Å². The lowest BCUT2D eigenvalue weighted by Gasteiger charge is -2.25. The molecule has 1 heterocycles. The minimum Gasteiger partial charge on any atom is -0.324 e. The van der Waals surface area contributed by atoms with E-state index in [1.54, 1.807) is 18.2 Å². The fourth-order valence-corrected chi connectivity index (χ4v) is 3.59. The quantitative estimate of drug-likeness (QED) is 0.529. The Labute approximate surface area is 165 Å². The number of halogens is 1. The first-order valence-corrected chi connectivity index (χ1v) is 9.29. The fraction of sp³-hybridized carbons (Fsp3) is 0.211. The Bertz CT molecular complexity index is 856. The number of nitrogens with one attached hydrogen (secondary N) is 2. The molecule has 4 amide bonds. The van der Waals surface area contributed by atoms with E-state index < -0.39 is 23.4 Å². The van der Waals surface area contributed by atoms with Crippen molar-refractivity contribution in [3.8, 4) is 0 Å². The summed E-state index contributed by atoms with van der Waals surface area (Å²) in [5.41, 5.74) is 0.209. The summed E-state index contributed by atoms with van der Waals surface area (Å²) in [4.78, 5) is 38.7. The molecule has 26 heavy (non-hydrogen) atoms. The van der Waals surface area contributed by atoms with Crippen LogP contribution in [0.5, 0.6) is 0 Å². The Morgan fingerprint density at radius 3 is 2.54 bits per heavy atom. The topological polar surface area (TPSA) is 78.5 Å². The van der Waals surface area contributed by atoms with Gasteiger partial charge in [-0.25, -0.2) is 4.79 Å². The predicted molar refractivity (Wildman–Crippen MR) is 106 cm³/mol. The predicted octanol–water partition coefficient (Wildman–Crippen LogP) is 3.09. The van der Waals surface area contributed by atoms with Gasteiger partial charge in [-0.1, -0.05) is 43.3 Å². The molecule has 0 bridgehead atoms. The van der Waals surface area contributed by atoms with Crippen LogP contribution in [0.3, 0.4) is 0 Å². The number of nitrogens with zero attached hydrogens (tertiary/aromatic N) is 1. The van der Waals surface area contributed by atoms with Crippen LogP contribution in [-0.2, 0) is 15.1 Å². The number of rotatable bonds is 5. The zero-order valence-electron chi connectivity index (χ0n) is 14.2. The van der Waals surface area contributed by atoms with E-state index in [0.29, 0.717) is 17.7 Å². The molecular formula is C19H18IN3O3. The van der Waals surface area contributed by atoms with E-state index in [1.165, 1.54) is 0 Å². The normalized spacial score (nSPS) is 19.4. The van der Waals surface area contributed by atoms with Crippen molar-refractivity contribution in [1.29, 1.82) is 0 Å². The summed E-state index contributed by atoms with van der Waals surface area (Å²) in [5, 5.41) is 5.49. The minimum absolute atomic E-state index is 0.329. The van der Waals surface area contributed by atoms with E-state index in [-0.39, 0.29) is 6.54 Å². The third kappa shape index (κ3) is 3.44. The van der Waals surface area contributed by atoms with E-state index in [9.17, 15) is 14.4 Å². The molecule has 1 aliphatic rings. The molecule has 0 saturated carbocycles. The zero-order valence-corrected chi connectivity index (χ0v) is 16.3. The number of amides is 4. The lowest BCUT2D eigenvalue weighted by atomic mass is 9.87. The highest BCUT2D eigenvalue weighted by molar-refractivity contribution is 14.1. The Balaban J connectivity index is 1.77. The van der Waals surface area contributed by atoms with Crippen molar-refractivity contribution >= 4 is 46.1 Å². The maximum Gasteiger partial charge on any atom is 0.325 e. The van der Waals surface area contributed by atoms with Crippen LogP contribution in [-0.4, -0.2) is 29.3 Å². The summed E-state index contributed by atoms with van der Waals surface area (Å²) < 4.78 is 0.976. The Morgan fingerprint density at radius 1 is 1.15 bits per heavy atom. The van der Waals surface area contributed by atoms with Crippen LogP contribution in [0.1, 0.15) is 18.9 Å². The number of hydrogen-bond donors (Lipinski definition) is 2. The third-order valence-electron chi connectivity index (χ3n) is 4.38. The first-order valence-electron chi connectivity index (χ1n) is 8.21. The van der Waals surface area contributed by atoms with Gasteiger partial charge in [0.05, 0.1) is 0 Å². The number of carbonyl (C=O) groups excluding carboxylic acids is 3. The molecule has 1 unspecified atom stereocenters. The molecule has 2 N–H and O–H groups in total. The Kier molecular flexibility index (Phi) is 5.26. The Morgan fingerprint density at radius 2 is 1.88 bits per heavy atom. The third-order valence-corrected chi connectivity index (χ3v) is 5.05. The maximum atomic E-state index is 13.0. The van der Waals surface area contributed by atoms with Crippen molar-refractivity contribution in [2.24, 2.45) is 0 Å². The molecule has 1 saturated heterocycles.